The van der Waals surface area contributed by atoms with E-state index in [2.05, 4.69) is 31.2 Å². The molecule has 0 saturated carbocycles. The third-order valence-corrected chi connectivity index (χ3v) is 5.20. The lowest BCUT2D eigenvalue weighted by atomic mass is 10.3. The molecule has 0 radical (unpaired) electrons. The van der Waals surface area contributed by atoms with Crippen molar-refractivity contribution < 1.29 is 8.42 Å². The predicted molar refractivity (Wildman–Crippen MR) is 71.6 cm³/mol. The zero-order valence-electron chi connectivity index (χ0n) is 10.4. The van der Waals surface area contributed by atoms with Crippen LogP contribution in [-0.2, 0) is 23.6 Å². The minimum absolute atomic E-state index is 0.0194. The summed E-state index contributed by atoms with van der Waals surface area (Å²) >= 11 is 3.09. The zero-order valence-corrected chi connectivity index (χ0v) is 12.8. The fourth-order valence-corrected chi connectivity index (χ4v) is 3.71. The second-order valence-electron chi connectivity index (χ2n) is 3.89. The van der Waals surface area contributed by atoms with Gasteiger partial charge >= 0.3 is 0 Å². The van der Waals surface area contributed by atoms with Crippen molar-refractivity contribution in [3.05, 3.63) is 34.7 Å². The fraction of sp³-hybridized carbons (Fsp3) is 0.300. The Morgan fingerprint density at radius 1 is 1.42 bits per heavy atom. The number of hydrogen-bond donors (Lipinski definition) is 0. The molecule has 0 bridgehead atoms. The van der Waals surface area contributed by atoms with E-state index in [0.717, 1.165) is 0 Å². The first-order valence-corrected chi connectivity index (χ1v) is 7.57. The summed E-state index contributed by atoms with van der Waals surface area (Å²) < 4.78 is 27.4. The number of aryl methyl sites for hydroxylation is 1. The molecule has 0 atom stereocenters. The Balaban J connectivity index is 2.30. The van der Waals surface area contributed by atoms with Gasteiger partial charge in [0.15, 0.2) is 4.60 Å². The van der Waals surface area contributed by atoms with Gasteiger partial charge in [0.25, 0.3) is 10.0 Å². The number of hydrogen-bond acceptors (Lipinski definition) is 5. The molecule has 19 heavy (non-hydrogen) atoms. The molecule has 102 valence electrons. The van der Waals surface area contributed by atoms with E-state index >= 15 is 0 Å². The molecule has 0 aliphatic carbocycles. The van der Waals surface area contributed by atoms with Gasteiger partial charge in [-0.2, -0.15) is 4.31 Å². The van der Waals surface area contributed by atoms with Crippen molar-refractivity contribution in [1.82, 2.24) is 24.3 Å². The molecule has 2 aromatic heterocycles. The average molecular weight is 346 g/mol. The van der Waals surface area contributed by atoms with E-state index in [9.17, 15) is 8.42 Å². The van der Waals surface area contributed by atoms with Crippen molar-refractivity contribution in [1.29, 1.82) is 0 Å². The van der Waals surface area contributed by atoms with Crippen molar-refractivity contribution in [3.63, 3.8) is 0 Å². The SMILES string of the molecule is CN(Cc1ccccn1)S(=O)(=O)c1c(Br)nnn1C. The van der Waals surface area contributed by atoms with Crippen LogP contribution in [0.5, 0.6) is 0 Å². The molecule has 2 aromatic rings. The van der Waals surface area contributed by atoms with Crippen LogP contribution in [0, 0.1) is 0 Å². The van der Waals surface area contributed by atoms with Crippen LogP contribution >= 0.6 is 15.9 Å². The maximum Gasteiger partial charge on any atom is 0.263 e. The summed E-state index contributed by atoms with van der Waals surface area (Å²) in [5.41, 5.74) is 0.667. The highest BCUT2D eigenvalue weighted by atomic mass is 79.9. The standard InChI is InChI=1S/C10H12BrN5O2S/c1-15(7-8-5-3-4-6-12-8)19(17,18)10-9(11)13-14-16(10)2/h3-6H,7H2,1-2H3. The maximum atomic E-state index is 12.4. The number of rotatable bonds is 4. The lowest BCUT2D eigenvalue weighted by Crippen LogP contribution is -2.28. The van der Waals surface area contributed by atoms with Gasteiger partial charge < -0.3 is 0 Å². The Hall–Kier alpha value is -1.32. The first kappa shape index (κ1) is 14.1. The topological polar surface area (TPSA) is 81.0 Å². The number of sulfonamides is 1. The monoisotopic (exact) mass is 345 g/mol. The Kier molecular flexibility index (Phi) is 3.97. The fourth-order valence-electron chi connectivity index (χ4n) is 1.55. The number of halogens is 1. The van der Waals surface area contributed by atoms with Gasteiger partial charge in [0.1, 0.15) is 0 Å². The molecule has 0 aliphatic rings. The van der Waals surface area contributed by atoms with Crippen LogP contribution in [0.4, 0.5) is 0 Å². The minimum atomic E-state index is -3.67. The summed E-state index contributed by atoms with van der Waals surface area (Å²) in [6.07, 6.45) is 1.62. The molecule has 2 heterocycles. The maximum absolute atomic E-state index is 12.4. The number of nitrogens with zero attached hydrogens (tertiary/aromatic N) is 5. The predicted octanol–water partition coefficient (Wildman–Crippen LogP) is 0.793. The lowest BCUT2D eigenvalue weighted by Gasteiger charge is -2.16. The highest BCUT2D eigenvalue weighted by Crippen LogP contribution is 2.22. The molecule has 7 nitrogen and oxygen atoms in total. The molecule has 0 saturated heterocycles. The van der Waals surface area contributed by atoms with Gasteiger partial charge in [0, 0.05) is 20.3 Å². The molecular weight excluding hydrogens is 334 g/mol. The second-order valence-corrected chi connectivity index (χ2v) is 6.60. The van der Waals surface area contributed by atoms with Gasteiger partial charge in [-0.05, 0) is 28.1 Å². The second kappa shape index (κ2) is 5.35. The van der Waals surface area contributed by atoms with Gasteiger partial charge in [0.05, 0.1) is 12.2 Å². The summed E-state index contributed by atoms with van der Waals surface area (Å²) in [4.78, 5) is 4.10. The van der Waals surface area contributed by atoms with Gasteiger partial charge in [-0.15, -0.1) is 5.10 Å². The van der Waals surface area contributed by atoms with Crippen molar-refractivity contribution in [3.8, 4) is 0 Å². The van der Waals surface area contributed by atoms with E-state index in [4.69, 9.17) is 0 Å². The van der Waals surface area contributed by atoms with Crippen LogP contribution in [0.1, 0.15) is 5.69 Å². The molecule has 0 aliphatic heterocycles. The molecule has 0 spiro atoms. The summed E-state index contributed by atoms with van der Waals surface area (Å²) in [5, 5.41) is 7.37. The van der Waals surface area contributed by atoms with Crippen LogP contribution in [0.3, 0.4) is 0 Å². The molecule has 0 N–H and O–H groups in total. The van der Waals surface area contributed by atoms with Crippen molar-refractivity contribution >= 4 is 26.0 Å². The third kappa shape index (κ3) is 2.82. The van der Waals surface area contributed by atoms with Crippen LogP contribution in [0.2, 0.25) is 0 Å². The molecule has 0 unspecified atom stereocenters. The largest absolute Gasteiger partial charge is 0.263 e. The summed E-state index contributed by atoms with van der Waals surface area (Å²) in [6.45, 7) is 0.181. The molecular formula is C10H12BrN5O2S. The van der Waals surface area contributed by atoms with Crippen LogP contribution in [0.25, 0.3) is 0 Å². The highest BCUT2D eigenvalue weighted by Gasteiger charge is 2.28. The van der Waals surface area contributed by atoms with E-state index in [1.54, 1.807) is 18.3 Å². The van der Waals surface area contributed by atoms with E-state index in [-0.39, 0.29) is 16.2 Å². The van der Waals surface area contributed by atoms with E-state index in [0.29, 0.717) is 5.69 Å². The third-order valence-electron chi connectivity index (χ3n) is 2.50. The Labute approximate surface area is 119 Å². The van der Waals surface area contributed by atoms with Crippen molar-refractivity contribution in [2.45, 2.75) is 11.6 Å². The smallest absolute Gasteiger partial charge is 0.260 e. The first-order chi connectivity index (χ1) is 8.93. The van der Waals surface area contributed by atoms with Crippen LogP contribution in [-0.4, -0.2) is 39.7 Å². The average Bonchev–Trinajstić information content (AvgIpc) is 2.70. The summed E-state index contributed by atoms with van der Waals surface area (Å²) in [5.74, 6) is 0. The Morgan fingerprint density at radius 3 is 2.68 bits per heavy atom. The van der Waals surface area contributed by atoms with Gasteiger partial charge in [-0.25, -0.2) is 13.1 Å². The summed E-state index contributed by atoms with van der Waals surface area (Å²) in [6, 6.07) is 5.35. The van der Waals surface area contributed by atoms with Gasteiger partial charge in [-0.1, -0.05) is 11.3 Å². The molecule has 0 aromatic carbocycles. The Morgan fingerprint density at radius 2 is 2.16 bits per heavy atom. The van der Waals surface area contributed by atoms with Gasteiger partial charge in [-0.3, -0.25) is 4.98 Å². The van der Waals surface area contributed by atoms with Crippen LogP contribution in [0.15, 0.2) is 34.0 Å². The highest BCUT2D eigenvalue weighted by molar-refractivity contribution is 9.10. The normalized spacial score (nSPS) is 12.0. The number of pyridine rings is 1. The quantitative estimate of drug-likeness (QED) is 0.818. The molecule has 9 heteroatoms. The number of aromatic nitrogens is 4. The Bertz CT molecular complexity index is 651. The van der Waals surface area contributed by atoms with Crippen molar-refractivity contribution in [2.24, 2.45) is 7.05 Å². The van der Waals surface area contributed by atoms with E-state index in [1.807, 2.05) is 6.07 Å². The molecule has 0 amide bonds. The van der Waals surface area contributed by atoms with Crippen molar-refractivity contribution in [2.75, 3.05) is 7.05 Å². The lowest BCUT2D eigenvalue weighted by molar-refractivity contribution is 0.452. The van der Waals surface area contributed by atoms with Gasteiger partial charge in [0.2, 0.25) is 5.03 Å². The minimum Gasteiger partial charge on any atom is -0.260 e. The molecule has 0 fully saturated rings. The first-order valence-electron chi connectivity index (χ1n) is 5.34. The van der Waals surface area contributed by atoms with E-state index in [1.165, 1.54) is 23.1 Å². The summed E-state index contributed by atoms with van der Waals surface area (Å²) in [7, 11) is -0.654. The molecule has 2 rings (SSSR count). The van der Waals surface area contributed by atoms with Crippen LogP contribution < -0.4 is 0 Å². The zero-order chi connectivity index (χ0) is 14.0. The van der Waals surface area contributed by atoms with E-state index < -0.39 is 10.0 Å².